The van der Waals surface area contributed by atoms with Crippen LogP contribution in [0.3, 0.4) is 0 Å². The lowest BCUT2D eigenvalue weighted by Crippen LogP contribution is -2.36. The van der Waals surface area contributed by atoms with Crippen LogP contribution in [-0.4, -0.2) is 46.1 Å². The maximum atomic E-state index is 13.6. The summed E-state index contributed by atoms with van der Waals surface area (Å²) in [7, 11) is -0.725. The van der Waals surface area contributed by atoms with Gasteiger partial charge in [-0.15, -0.1) is 0 Å². The Kier molecular flexibility index (Phi) is 5.25. The molecule has 0 aromatic heterocycles. The van der Waals surface area contributed by atoms with E-state index >= 15 is 0 Å². The second-order valence-corrected chi connectivity index (χ2v) is 14.5. The molecule has 0 saturated carbocycles. The summed E-state index contributed by atoms with van der Waals surface area (Å²) in [4.78, 5) is 2.08. The molecule has 2 aliphatic heterocycles. The number of nitrogens with zero attached hydrogens (tertiary/aromatic N) is 1. The first-order valence-corrected chi connectivity index (χ1v) is 13.6. The van der Waals surface area contributed by atoms with Gasteiger partial charge < -0.3 is 18.2 Å². The zero-order valence-corrected chi connectivity index (χ0v) is 18.2. The van der Waals surface area contributed by atoms with E-state index in [0.29, 0.717) is 6.42 Å². The molecule has 0 amide bonds. The molecule has 0 N–H and O–H groups in total. The van der Waals surface area contributed by atoms with E-state index in [1.807, 2.05) is 36.4 Å². The number of methoxy groups -OCH3 is 1. The fourth-order valence-corrected chi connectivity index (χ4v) is 7.02. The highest BCUT2D eigenvalue weighted by atomic mass is 31.2. The Morgan fingerprint density at radius 2 is 1.73 bits per heavy atom. The molecule has 8 heteroatoms. The van der Waals surface area contributed by atoms with Gasteiger partial charge in [-0.2, -0.15) is 0 Å². The van der Waals surface area contributed by atoms with Crippen molar-refractivity contribution < 1.29 is 22.8 Å². The van der Waals surface area contributed by atoms with Gasteiger partial charge >= 0.3 is 7.60 Å². The van der Waals surface area contributed by atoms with Crippen LogP contribution in [0.25, 0.3) is 0 Å². The summed E-state index contributed by atoms with van der Waals surface area (Å²) in [6.07, 6.45) is 2.10. The van der Waals surface area contributed by atoms with E-state index < -0.39 is 21.2 Å². The van der Waals surface area contributed by atoms with Gasteiger partial charge in [-0.3, -0.25) is 4.57 Å². The summed E-state index contributed by atoms with van der Waals surface area (Å²) >= 11 is 0. The Morgan fingerprint density at radius 3 is 2.23 bits per heavy atom. The van der Waals surface area contributed by atoms with Gasteiger partial charge in [0.05, 0.1) is 11.8 Å². The van der Waals surface area contributed by atoms with Crippen molar-refractivity contribution in [2.75, 3.05) is 21.3 Å². The van der Waals surface area contributed by atoms with Crippen LogP contribution in [0.15, 0.2) is 42.2 Å². The Hall–Kier alpha value is -0.953. The normalized spacial score (nSPS) is 31.2. The molecule has 1 aromatic carbocycles. The summed E-state index contributed by atoms with van der Waals surface area (Å²) in [6, 6.07) is 9.87. The first-order valence-electron chi connectivity index (χ1n) is 8.70. The average Bonchev–Trinajstić information content (AvgIpc) is 3.30. The van der Waals surface area contributed by atoms with Crippen molar-refractivity contribution in [3.8, 4) is 0 Å². The van der Waals surface area contributed by atoms with Gasteiger partial charge in [0, 0.05) is 27.8 Å². The highest BCUT2D eigenvalue weighted by Gasteiger charge is 2.78. The van der Waals surface area contributed by atoms with E-state index in [2.05, 4.69) is 24.5 Å². The number of rotatable bonds is 7. The van der Waals surface area contributed by atoms with Crippen LogP contribution in [0.4, 0.5) is 0 Å². The second kappa shape index (κ2) is 6.89. The molecule has 1 unspecified atom stereocenters. The minimum Gasteiger partial charge on any atom is -0.547 e. The minimum absolute atomic E-state index is 0.127. The quantitative estimate of drug-likeness (QED) is 0.388. The van der Waals surface area contributed by atoms with Gasteiger partial charge in [-0.1, -0.05) is 30.3 Å². The molecular weight excluding hydrogens is 369 g/mol. The molecule has 0 radical (unpaired) electrons. The molecule has 0 bridgehead atoms. The Labute approximate surface area is 156 Å². The number of ether oxygens (including phenoxy) is 1. The van der Waals surface area contributed by atoms with Crippen LogP contribution in [0.1, 0.15) is 18.0 Å². The van der Waals surface area contributed by atoms with Crippen molar-refractivity contribution in [2.24, 2.45) is 0 Å². The van der Waals surface area contributed by atoms with Gasteiger partial charge in [0.15, 0.2) is 5.28 Å². The van der Waals surface area contributed by atoms with Gasteiger partial charge in [0.1, 0.15) is 6.23 Å². The number of hydrogen-bond acceptors (Lipinski definition) is 6. The fraction of sp³-hybridized carbons (Fsp3) is 0.556. The lowest BCUT2D eigenvalue weighted by atomic mass is 10.1. The molecule has 4 atom stereocenters. The summed E-state index contributed by atoms with van der Waals surface area (Å²) < 4.78 is 36.5. The van der Waals surface area contributed by atoms with E-state index in [0.717, 1.165) is 11.3 Å². The predicted molar refractivity (Wildman–Crippen MR) is 103 cm³/mol. The average molecular weight is 397 g/mol. The molecule has 2 aliphatic rings. The van der Waals surface area contributed by atoms with E-state index in [1.165, 1.54) is 14.2 Å². The lowest BCUT2D eigenvalue weighted by molar-refractivity contribution is 0.0378. The summed E-state index contributed by atoms with van der Waals surface area (Å²) in [6.45, 7) is 6.38. The molecule has 0 spiro atoms. The largest absolute Gasteiger partial charge is 0.547 e. The number of benzene rings is 1. The van der Waals surface area contributed by atoms with Gasteiger partial charge in [-0.05, 0) is 31.3 Å². The van der Waals surface area contributed by atoms with Crippen LogP contribution in [-0.2, 0) is 22.8 Å². The van der Waals surface area contributed by atoms with Crippen molar-refractivity contribution >= 4 is 15.9 Å². The Balaban J connectivity index is 2.08. The van der Waals surface area contributed by atoms with Crippen molar-refractivity contribution in [1.29, 1.82) is 0 Å². The third-order valence-electron chi connectivity index (χ3n) is 4.88. The van der Waals surface area contributed by atoms with Gasteiger partial charge in [-0.25, -0.2) is 4.90 Å². The predicted octanol–water partition coefficient (Wildman–Crippen LogP) is 4.34. The van der Waals surface area contributed by atoms with E-state index in [-0.39, 0.29) is 12.3 Å². The summed E-state index contributed by atoms with van der Waals surface area (Å²) in [5.74, 6) is 0.806. The van der Waals surface area contributed by atoms with Crippen molar-refractivity contribution in [1.82, 2.24) is 4.90 Å². The Bertz CT molecular complexity index is 727. The van der Waals surface area contributed by atoms with Gasteiger partial charge in [0.2, 0.25) is 8.32 Å². The molecular formula is C18H28NO5PSi. The molecule has 1 saturated heterocycles. The number of fused-ring (bicyclic) bond motifs is 1. The third-order valence-corrected chi connectivity index (χ3v) is 8.30. The van der Waals surface area contributed by atoms with E-state index in [9.17, 15) is 4.57 Å². The van der Waals surface area contributed by atoms with Crippen LogP contribution in [0.2, 0.25) is 19.6 Å². The van der Waals surface area contributed by atoms with Crippen LogP contribution < -0.4 is 0 Å². The summed E-state index contributed by atoms with van der Waals surface area (Å²) in [5.41, 5.74) is 1.06. The Morgan fingerprint density at radius 1 is 1.12 bits per heavy atom. The molecule has 2 heterocycles. The first kappa shape index (κ1) is 19.8. The topological polar surface area (TPSA) is 57.0 Å². The first-order chi connectivity index (χ1) is 12.2. The van der Waals surface area contributed by atoms with Crippen molar-refractivity contribution in [3.05, 3.63) is 47.7 Å². The molecule has 1 aromatic rings. The monoisotopic (exact) mass is 397 g/mol. The molecule has 144 valence electrons. The maximum absolute atomic E-state index is 13.6. The standard InChI is InChI=1S/C18H28NO5PSi/c1-21-16-12-15(24-26(4,5)6)13-18(25(20,22-2)23-3)17(19(16)18)14-10-8-7-9-11-14/h7-12,16-17H,13H2,1-6H3/t16-,17-,18+,19?/m1/s1. The lowest BCUT2D eigenvalue weighted by Gasteiger charge is -2.33. The van der Waals surface area contributed by atoms with Crippen molar-refractivity contribution in [3.63, 3.8) is 0 Å². The minimum atomic E-state index is -3.43. The van der Waals surface area contributed by atoms with Crippen LogP contribution in [0.5, 0.6) is 0 Å². The van der Waals surface area contributed by atoms with E-state index in [4.69, 9.17) is 18.2 Å². The zero-order valence-electron chi connectivity index (χ0n) is 16.3. The fourth-order valence-electron chi connectivity index (χ4n) is 3.94. The van der Waals surface area contributed by atoms with Crippen molar-refractivity contribution in [2.45, 2.75) is 43.6 Å². The molecule has 26 heavy (non-hydrogen) atoms. The smallest absolute Gasteiger partial charge is 0.352 e. The van der Waals surface area contributed by atoms with E-state index in [1.54, 1.807) is 7.11 Å². The highest BCUT2D eigenvalue weighted by molar-refractivity contribution is 7.56. The molecule has 0 aliphatic carbocycles. The SMILES string of the molecule is CO[C@@H]1C=C(O[Si](C)(C)C)C[C@]2(P(=O)(OC)OC)[C@@H](c3ccccc3)N12. The summed E-state index contributed by atoms with van der Waals surface area (Å²) in [5, 5.41) is -0.817. The zero-order chi connectivity index (χ0) is 19.2. The molecule has 1 fully saturated rings. The van der Waals surface area contributed by atoms with Gasteiger partial charge in [0.25, 0.3) is 0 Å². The molecule has 3 rings (SSSR count). The number of hydrogen-bond donors (Lipinski definition) is 0. The van der Waals surface area contributed by atoms with Crippen LogP contribution >= 0.6 is 7.60 Å². The third kappa shape index (κ3) is 3.11. The highest BCUT2D eigenvalue weighted by Crippen LogP contribution is 2.79. The molecule has 6 nitrogen and oxygen atoms in total. The second-order valence-electron chi connectivity index (χ2n) is 7.61. The van der Waals surface area contributed by atoms with Crippen LogP contribution in [0, 0.1) is 0 Å². The maximum Gasteiger partial charge on any atom is 0.352 e.